The Kier molecular flexibility index (Phi) is 2.99. The van der Waals surface area contributed by atoms with Gasteiger partial charge < -0.3 is 5.11 Å². The van der Waals surface area contributed by atoms with Crippen LogP contribution in [0, 0.1) is 23.2 Å². The second kappa shape index (κ2) is 4.60. The van der Waals surface area contributed by atoms with E-state index in [-0.39, 0.29) is 5.75 Å². The number of hydrogen-bond acceptors (Lipinski definition) is 2. The average Bonchev–Trinajstić information content (AvgIpc) is 2.34. The quantitative estimate of drug-likeness (QED) is 0.752. The van der Waals surface area contributed by atoms with Crippen LogP contribution >= 0.6 is 0 Å². The number of rotatable bonds is 1. The number of fused-ring (bicyclic) bond motifs is 1. The van der Waals surface area contributed by atoms with Crippen molar-refractivity contribution in [2.45, 2.75) is 13.3 Å². The lowest BCUT2D eigenvalue weighted by Crippen LogP contribution is -1.88. The second-order valence-corrected chi connectivity index (χ2v) is 3.72. The van der Waals surface area contributed by atoms with Crippen LogP contribution in [0.1, 0.15) is 18.1 Å². The van der Waals surface area contributed by atoms with Crippen LogP contribution in [0.3, 0.4) is 0 Å². The van der Waals surface area contributed by atoms with E-state index in [0.29, 0.717) is 0 Å². The van der Waals surface area contributed by atoms with Gasteiger partial charge in [0.2, 0.25) is 0 Å². The fourth-order valence-electron chi connectivity index (χ4n) is 1.98. The van der Waals surface area contributed by atoms with Gasteiger partial charge >= 0.3 is 0 Å². The van der Waals surface area contributed by atoms with Crippen LogP contribution < -0.4 is 0 Å². The molecule has 0 heterocycles. The van der Waals surface area contributed by atoms with E-state index in [1.54, 1.807) is 12.1 Å². The minimum atomic E-state index is 0.264. The lowest BCUT2D eigenvalue weighted by molar-refractivity contribution is 0.475. The van der Waals surface area contributed by atoms with Crippen molar-refractivity contribution in [3.05, 3.63) is 41.5 Å². The highest BCUT2D eigenvalue weighted by molar-refractivity contribution is 5.92. The maximum absolute atomic E-state index is 9.62. The second-order valence-electron chi connectivity index (χ2n) is 3.72. The van der Waals surface area contributed by atoms with Gasteiger partial charge in [0.15, 0.2) is 6.07 Å². The molecule has 0 fully saturated rings. The van der Waals surface area contributed by atoms with E-state index >= 15 is 0 Å². The summed E-state index contributed by atoms with van der Waals surface area (Å²) in [6.07, 6.45) is 0.816. The monoisotopic (exact) mass is 221 g/mol. The summed E-state index contributed by atoms with van der Waals surface area (Å²) in [5, 5.41) is 20.1. The molecular weight excluding hydrogens is 210 g/mol. The molecule has 82 valence electrons. The Morgan fingerprint density at radius 2 is 2.12 bits per heavy atom. The molecule has 2 aromatic carbocycles. The average molecular weight is 221 g/mol. The molecule has 0 aliphatic rings. The van der Waals surface area contributed by atoms with Gasteiger partial charge in [-0.25, -0.2) is 0 Å². The standard InChI is InChI=1S/C15H11NO/c1-2-11-9-14(17)10-13-6-3-5-12(15(11)13)7-4-8-16/h3,5-6,9-10,17H,2H2,1H3. The summed E-state index contributed by atoms with van der Waals surface area (Å²) in [5.74, 6) is 5.52. The van der Waals surface area contributed by atoms with Crippen LogP contribution in [-0.4, -0.2) is 5.11 Å². The third-order valence-corrected chi connectivity index (χ3v) is 2.68. The summed E-state index contributed by atoms with van der Waals surface area (Å²) in [5.41, 5.74) is 1.88. The number of hydrogen-bond donors (Lipinski definition) is 1. The van der Waals surface area contributed by atoms with E-state index in [0.717, 1.165) is 28.3 Å². The summed E-state index contributed by atoms with van der Waals surface area (Å²) in [6.45, 7) is 2.03. The van der Waals surface area contributed by atoms with Crippen LogP contribution in [0.15, 0.2) is 30.3 Å². The van der Waals surface area contributed by atoms with Crippen molar-refractivity contribution in [3.8, 4) is 23.7 Å². The molecule has 0 aliphatic heterocycles. The fourth-order valence-corrected chi connectivity index (χ4v) is 1.98. The maximum atomic E-state index is 9.62. The first-order valence-electron chi connectivity index (χ1n) is 5.41. The number of benzene rings is 2. The van der Waals surface area contributed by atoms with Crippen LogP contribution in [0.4, 0.5) is 0 Å². The molecule has 17 heavy (non-hydrogen) atoms. The molecule has 1 N–H and O–H groups in total. The van der Waals surface area contributed by atoms with E-state index in [4.69, 9.17) is 5.26 Å². The number of nitrogens with zero attached hydrogens (tertiary/aromatic N) is 1. The number of aromatic hydroxyl groups is 1. The van der Waals surface area contributed by atoms with Crippen molar-refractivity contribution in [2.24, 2.45) is 0 Å². The first-order valence-corrected chi connectivity index (χ1v) is 5.41. The number of phenolic OH excluding ortho intramolecular Hbond substituents is 1. The molecule has 0 saturated carbocycles. The minimum absolute atomic E-state index is 0.264. The fraction of sp³-hybridized carbons (Fsp3) is 0.133. The Hall–Kier alpha value is -2.45. The maximum Gasteiger partial charge on any atom is 0.152 e. The molecule has 0 aliphatic carbocycles. The highest BCUT2D eigenvalue weighted by atomic mass is 16.3. The molecule has 0 saturated heterocycles. The topological polar surface area (TPSA) is 44.0 Å². The molecule has 0 unspecified atom stereocenters. The zero-order chi connectivity index (χ0) is 12.3. The highest BCUT2D eigenvalue weighted by Crippen LogP contribution is 2.27. The molecule has 0 spiro atoms. The summed E-state index contributed by atoms with van der Waals surface area (Å²) in [7, 11) is 0. The van der Waals surface area contributed by atoms with Gasteiger partial charge in [-0.15, -0.1) is 0 Å². The Labute approximate surface area is 100 Å². The van der Waals surface area contributed by atoms with Crippen LogP contribution in [0.25, 0.3) is 10.8 Å². The third-order valence-electron chi connectivity index (χ3n) is 2.68. The van der Waals surface area contributed by atoms with Crippen molar-refractivity contribution >= 4 is 10.8 Å². The molecule has 2 nitrogen and oxygen atoms in total. The molecule has 0 radical (unpaired) electrons. The van der Waals surface area contributed by atoms with E-state index in [9.17, 15) is 5.11 Å². The van der Waals surface area contributed by atoms with Crippen LogP contribution in [0.2, 0.25) is 0 Å². The van der Waals surface area contributed by atoms with Crippen molar-refractivity contribution in [1.82, 2.24) is 0 Å². The van der Waals surface area contributed by atoms with E-state index in [2.05, 4.69) is 11.8 Å². The normalized spacial score (nSPS) is 9.41. The summed E-state index contributed by atoms with van der Waals surface area (Å²) in [6, 6.07) is 11.0. The predicted molar refractivity (Wildman–Crippen MR) is 67.5 cm³/mol. The summed E-state index contributed by atoms with van der Waals surface area (Å²) >= 11 is 0. The lowest BCUT2D eigenvalue weighted by Gasteiger charge is -2.07. The molecule has 0 aromatic heterocycles. The highest BCUT2D eigenvalue weighted by Gasteiger charge is 2.05. The smallest absolute Gasteiger partial charge is 0.152 e. The number of phenols is 1. The number of aryl methyl sites for hydroxylation is 1. The Bertz CT molecular complexity index is 669. The van der Waals surface area contributed by atoms with Crippen molar-refractivity contribution < 1.29 is 5.11 Å². The van der Waals surface area contributed by atoms with Gasteiger partial charge in [0.05, 0.1) is 0 Å². The van der Waals surface area contributed by atoms with Gasteiger partial charge in [-0.2, -0.15) is 5.26 Å². The van der Waals surface area contributed by atoms with Gasteiger partial charge in [-0.05, 0) is 35.6 Å². The first-order chi connectivity index (χ1) is 8.26. The van der Waals surface area contributed by atoms with Gasteiger partial charge in [0.1, 0.15) is 5.75 Å². The van der Waals surface area contributed by atoms with E-state index in [1.165, 1.54) is 0 Å². The molecule has 0 atom stereocenters. The zero-order valence-corrected chi connectivity index (χ0v) is 9.49. The van der Waals surface area contributed by atoms with Crippen LogP contribution in [0.5, 0.6) is 5.75 Å². The molecule has 2 heteroatoms. The van der Waals surface area contributed by atoms with Gasteiger partial charge in [0, 0.05) is 16.9 Å². The van der Waals surface area contributed by atoms with Gasteiger partial charge in [-0.3, -0.25) is 0 Å². The first kappa shape index (κ1) is 11.0. The lowest BCUT2D eigenvalue weighted by atomic mass is 9.97. The molecule has 0 amide bonds. The Morgan fingerprint density at radius 3 is 2.82 bits per heavy atom. The predicted octanol–water partition coefficient (Wildman–Crippen LogP) is 2.98. The minimum Gasteiger partial charge on any atom is -0.508 e. The van der Waals surface area contributed by atoms with Crippen LogP contribution in [-0.2, 0) is 6.42 Å². The number of nitriles is 1. The molecule has 2 rings (SSSR count). The summed E-state index contributed by atoms with van der Waals surface area (Å²) in [4.78, 5) is 0. The summed E-state index contributed by atoms with van der Waals surface area (Å²) < 4.78 is 0. The zero-order valence-electron chi connectivity index (χ0n) is 9.49. The van der Waals surface area contributed by atoms with E-state index in [1.807, 2.05) is 31.2 Å². The largest absolute Gasteiger partial charge is 0.508 e. The van der Waals surface area contributed by atoms with Gasteiger partial charge in [0.25, 0.3) is 0 Å². The Balaban J connectivity index is 2.83. The van der Waals surface area contributed by atoms with Gasteiger partial charge in [-0.1, -0.05) is 25.0 Å². The SMILES string of the molecule is CCc1cc(O)cc2cccc(C#CC#N)c12. The third kappa shape index (κ3) is 2.07. The molecule has 0 bridgehead atoms. The van der Waals surface area contributed by atoms with Crippen molar-refractivity contribution in [1.29, 1.82) is 5.26 Å². The van der Waals surface area contributed by atoms with Crippen molar-refractivity contribution in [3.63, 3.8) is 0 Å². The molecular formula is C15H11NO. The Morgan fingerprint density at radius 1 is 1.29 bits per heavy atom. The van der Waals surface area contributed by atoms with E-state index < -0.39 is 0 Å². The van der Waals surface area contributed by atoms with Crippen molar-refractivity contribution in [2.75, 3.05) is 0 Å². The molecule has 2 aromatic rings.